The molecule has 0 spiro atoms. The number of alkyl halides is 3. The highest BCUT2D eigenvalue weighted by Gasteiger charge is 2.38. The van der Waals surface area contributed by atoms with Gasteiger partial charge in [-0.25, -0.2) is 12.8 Å². The molecule has 0 bridgehead atoms. The lowest BCUT2D eigenvalue weighted by Gasteiger charge is -2.21. The van der Waals surface area contributed by atoms with Crippen molar-refractivity contribution in [1.82, 2.24) is 4.31 Å². The van der Waals surface area contributed by atoms with E-state index in [-0.39, 0.29) is 4.31 Å². The lowest BCUT2D eigenvalue weighted by molar-refractivity contribution is -0.146. The number of rotatable bonds is 5. The predicted molar refractivity (Wildman–Crippen MR) is 58.8 cm³/mol. The molecule has 1 rings (SSSR count). The summed E-state index contributed by atoms with van der Waals surface area (Å²) in [6.45, 7) is -3.29. The molecule has 0 aliphatic rings. The van der Waals surface area contributed by atoms with Gasteiger partial charge in [0.1, 0.15) is 18.9 Å². The fourth-order valence-corrected chi connectivity index (χ4v) is 2.71. The Morgan fingerprint density at radius 2 is 1.70 bits per heavy atom. The number of hydrogen-bond acceptors (Lipinski definition) is 3. The lowest BCUT2D eigenvalue weighted by atomic mass is 10.4. The van der Waals surface area contributed by atoms with Crippen LogP contribution in [0, 0.1) is 5.82 Å². The van der Waals surface area contributed by atoms with Crippen molar-refractivity contribution in [2.75, 3.05) is 13.1 Å². The fourth-order valence-electron chi connectivity index (χ4n) is 1.33. The molecule has 0 atom stereocenters. The molecule has 0 heterocycles. The summed E-state index contributed by atoms with van der Waals surface area (Å²) in [5.74, 6) is -2.51. The number of carbonyl (C=O) groups is 1. The van der Waals surface area contributed by atoms with Crippen LogP contribution >= 0.6 is 0 Å². The van der Waals surface area contributed by atoms with E-state index in [1.165, 1.54) is 0 Å². The van der Waals surface area contributed by atoms with Crippen LogP contribution in [-0.4, -0.2) is 43.1 Å². The Bertz CT molecular complexity index is 582. The Hall–Kier alpha value is -1.68. The number of nitrogens with zero attached hydrogens (tertiary/aromatic N) is 1. The first-order valence-electron chi connectivity index (χ1n) is 5.06. The highest BCUT2D eigenvalue weighted by Crippen LogP contribution is 2.22. The second-order valence-corrected chi connectivity index (χ2v) is 5.67. The molecule has 0 unspecified atom stereocenters. The van der Waals surface area contributed by atoms with Gasteiger partial charge in [0.05, 0.1) is 4.90 Å². The van der Waals surface area contributed by atoms with Gasteiger partial charge in [-0.05, 0) is 24.3 Å². The quantitative estimate of drug-likeness (QED) is 0.835. The first kappa shape index (κ1) is 16.4. The molecule has 0 fully saturated rings. The second-order valence-electron chi connectivity index (χ2n) is 3.74. The van der Waals surface area contributed by atoms with E-state index in [9.17, 15) is 30.8 Å². The zero-order chi connectivity index (χ0) is 15.6. The molecule has 0 saturated heterocycles. The summed E-state index contributed by atoms with van der Waals surface area (Å²) in [6.07, 6.45) is -4.90. The standard InChI is InChI=1S/C10H9F4NO4S/c11-7-1-3-8(4-2-7)20(18,19)15(5-9(16)17)6-10(12,13)14/h1-4H,5-6H2,(H,16,17). The van der Waals surface area contributed by atoms with E-state index in [1.807, 2.05) is 0 Å². The topological polar surface area (TPSA) is 74.7 Å². The van der Waals surface area contributed by atoms with Gasteiger partial charge in [0.25, 0.3) is 0 Å². The van der Waals surface area contributed by atoms with Crippen molar-refractivity contribution >= 4 is 16.0 Å². The molecule has 1 aromatic carbocycles. The highest BCUT2D eigenvalue weighted by atomic mass is 32.2. The van der Waals surface area contributed by atoms with Crippen LogP contribution in [0.4, 0.5) is 17.6 Å². The normalized spacial score (nSPS) is 12.7. The van der Waals surface area contributed by atoms with Crippen LogP contribution in [0.25, 0.3) is 0 Å². The van der Waals surface area contributed by atoms with Gasteiger partial charge in [-0.3, -0.25) is 4.79 Å². The molecule has 10 heteroatoms. The van der Waals surface area contributed by atoms with Crippen LogP contribution in [0.3, 0.4) is 0 Å². The largest absolute Gasteiger partial charge is 0.480 e. The number of hydrogen-bond donors (Lipinski definition) is 1. The molecule has 1 aromatic rings. The summed E-state index contributed by atoms with van der Waals surface area (Å²) in [7, 11) is -4.68. The van der Waals surface area contributed by atoms with Crippen molar-refractivity contribution in [2.24, 2.45) is 0 Å². The molecule has 0 saturated carbocycles. The first-order chi connectivity index (χ1) is 9.02. The van der Waals surface area contributed by atoms with Crippen molar-refractivity contribution in [3.8, 4) is 0 Å². The SMILES string of the molecule is O=C(O)CN(CC(F)(F)F)S(=O)(=O)c1ccc(F)cc1. The van der Waals surface area contributed by atoms with Crippen molar-refractivity contribution in [3.05, 3.63) is 30.1 Å². The number of aliphatic carboxylic acids is 1. The zero-order valence-corrected chi connectivity index (χ0v) is 10.6. The van der Waals surface area contributed by atoms with Gasteiger partial charge in [0, 0.05) is 0 Å². The molecular formula is C10H9F4NO4S. The van der Waals surface area contributed by atoms with E-state index >= 15 is 0 Å². The molecule has 5 nitrogen and oxygen atoms in total. The third-order valence-electron chi connectivity index (χ3n) is 2.12. The van der Waals surface area contributed by atoms with Gasteiger partial charge in [-0.2, -0.15) is 17.5 Å². The van der Waals surface area contributed by atoms with Crippen molar-refractivity contribution in [2.45, 2.75) is 11.1 Å². The zero-order valence-electron chi connectivity index (χ0n) is 9.76. The van der Waals surface area contributed by atoms with Crippen LogP contribution in [0.5, 0.6) is 0 Å². The van der Waals surface area contributed by atoms with Gasteiger partial charge in [0.15, 0.2) is 0 Å². The fraction of sp³-hybridized carbons (Fsp3) is 0.300. The summed E-state index contributed by atoms with van der Waals surface area (Å²) >= 11 is 0. The van der Waals surface area contributed by atoms with Crippen molar-refractivity contribution < 1.29 is 35.9 Å². The monoisotopic (exact) mass is 315 g/mol. The average molecular weight is 315 g/mol. The third-order valence-corrected chi connectivity index (χ3v) is 3.92. The minimum absolute atomic E-state index is 0.234. The Labute approximate surface area is 111 Å². The minimum atomic E-state index is -4.90. The van der Waals surface area contributed by atoms with Gasteiger partial charge < -0.3 is 5.11 Å². The summed E-state index contributed by atoms with van der Waals surface area (Å²) in [5.41, 5.74) is 0. The Morgan fingerprint density at radius 1 is 1.20 bits per heavy atom. The van der Waals surface area contributed by atoms with Crippen LogP contribution in [0.1, 0.15) is 0 Å². The molecule has 112 valence electrons. The molecule has 20 heavy (non-hydrogen) atoms. The first-order valence-corrected chi connectivity index (χ1v) is 6.50. The van der Waals surface area contributed by atoms with Gasteiger partial charge >= 0.3 is 12.1 Å². The van der Waals surface area contributed by atoms with Crippen LogP contribution in [0.15, 0.2) is 29.2 Å². The molecule has 0 radical (unpaired) electrons. The van der Waals surface area contributed by atoms with E-state index in [0.29, 0.717) is 0 Å². The maximum absolute atomic E-state index is 12.7. The summed E-state index contributed by atoms with van der Waals surface area (Å²) in [5, 5.41) is 8.50. The molecule has 0 amide bonds. The lowest BCUT2D eigenvalue weighted by Crippen LogP contribution is -2.41. The second kappa shape index (κ2) is 5.75. The minimum Gasteiger partial charge on any atom is -0.480 e. The van der Waals surface area contributed by atoms with Gasteiger partial charge in [0.2, 0.25) is 10.0 Å². The Kier molecular flexibility index (Phi) is 4.71. The highest BCUT2D eigenvalue weighted by molar-refractivity contribution is 7.89. The van der Waals surface area contributed by atoms with E-state index in [1.54, 1.807) is 0 Å². The van der Waals surface area contributed by atoms with Crippen molar-refractivity contribution in [1.29, 1.82) is 0 Å². The maximum Gasteiger partial charge on any atom is 0.402 e. The van der Waals surface area contributed by atoms with Gasteiger partial charge in [-0.1, -0.05) is 0 Å². The van der Waals surface area contributed by atoms with Crippen LogP contribution < -0.4 is 0 Å². The third kappa shape index (κ3) is 4.46. The predicted octanol–water partition coefficient (Wildman–Crippen LogP) is 1.46. The molecule has 0 aromatic heterocycles. The van der Waals surface area contributed by atoms with E-state index in [2.05, 4.69) is 0 Å². The van der Waals surface area contributed by atoms with E-state index in [4.69, 9.17) is 5.11 Å². The smallest absolute Gasteiger partial charge is 0.402 e. The maximum atomic E-state index is 12.7. The number of halogens is 4. The van der Waals surface area contributed by atoms with E-state index in [0.717, 1.165) is 24.3 Å². The summed E-state index contributed by atoms with van der Waals surface area (Å²) in [4.78, 5) is 9.87. The number of carboxylic acids is 1. The van der Waals surface area contributed by atoms with Crippen molar-refractivity contribution in [3.63, 3.8) is 0 Å². The van der Waals surface area contributed by atoms with Crippen LogP contribution in [-0.2, 0) is 14.8 Å². The molecule has 1 N–H and O–H groups in total. The average Bonchev–Trinajstić information content (AvgIpc) is 2.26. The Balaban J connectivity index is 3.16. The summed E-state index contributed by atoms with van der Waals surface area (Å²) < 4.78 is 73.2. The summed E-state index contributed by atoms with van der Waals surface area (Å²) in [6, 6.07) is 3.02. The molecular weight excluding hydrogens is 306 g/mol. The Morgan fingerprint density at radius 3 is 2.10 bits per heavy atom. The number of sulfonamides is 1. The van der Waals surface area contributed by atoms with E-state index < -0.39 is 46.0 Å². The molecule has 0 aliphatic heterocycles. The number of benzene rings is 1. The van der Waals surface area contributed by atoms with Crippen LogP contribution in [0.2, 0.25) is 0 Å². The number of carboxylic acid groups (broad SMARTS) is 1. The molecule has 0 aliphatic carbocycles. The van der Waals surface area contributed by atoms with Gasteiger partial charge in [-0.15, -0.1) is 0 Å².